The zero-order chi connectivity index (χ0) is 16.7. The highest BCUT2D eigenvalue weighted by atomic mass is 16.5. The van der Waals surface area contributed by atoms with Crippen LogP contribution in [0.3, 0.4) is 0 Å². The summed E-state index contributed by atoms with van der Waals surface area (Å²) < 4.78 is 7.32. The molecule has 128 valence electrons. The van der Waals surface area contributed by atoms with E-state index in [-0.39, 0.29) is 12.0 Å². The Balaban J connectivity index is 1.53. The Hall–Kier alpha value is -2.22. The first-order valence-corrected chi connectivity index (χ1v) is 8.47. The van der Waals surface area contributed by atoms with Crippen LogP contribution in [-0.4, -0.2) is 69.3 Å². The molecule has 4 rings (SSSR count). The van der Waals surface area contributed by atoms with Crippen molar-refractivity contribution < 1.29 is 9.53 Å². The van der Waals surface area contributed by atoms with E-state index in [0.717, 1.165) is 43.0 Å². The van der Waals surface area contributed by atoms with Crippen LogP contribution in [0.15, 0.2) is 6.33 Å². The van der Waals surface area contributed by atoms with E-state index in [1.165, 1.54) is 6.33 Å². The maximum absolute atomic E-state index is 12.5. The third kappa shape index (κ3) is 2.50. The first kappa shape index (κ1) is 15.3. The summed E-state index contributed by atoms with van der Waals surface area (Å²) in [5, 5.41) is 4.31. The summed E-state index contributed by atoms with van der Waals surface area (Å²) in [5.41, 5.74) is 2.07. The number of amides is 1. The fourth-order valence-electron chi connectivity index (χ4n) is 3.50. The highest BCUT2D eigenvalue weighted by molar-refractivity contribution is 5.81. The number of ether oxygens (including phenoxy) is 1. The first-order chi connectivity index (χ1) is 11.6. The molecule has 4 heterocycles. The van der Waals surface area contributed by atoms with Crippen molar-refractivity contribution in [3.05, 3.63) is 17.6 Å². The SMILES string of the molecule is Cc1nc2ncnn2c(N2CCN(C(=O)C3CCCO3)CC2)c1C. The van der Waals surface area contributed by atoms with Crippen molar-refractivity contribution in [3.8, 4) is 0 Å². The molecule has 0 spiro atoms. The van der Waals surface area contributed by atoms with Crippen LogP contribution >= 0.6 is 0 Å². The Morgan fingerprint density at radius 3 is 2.75 bits per heavy atom. The van der Waals surface area contributed by atoms with Gasteiger partial charge in [0.05, 0.1) is 0 Å². The Labute approximate surface area is 140 Å². The van der Waals surface area contributed by atoms with E-state index >= 15 is 0 Å². The monoisotopic (exact) mass is 330 g/mol. The lowest BCUT2D eigenvalue weighted by atomic mass is 10.2. The number of hydrogen-bond donors (Lipinski definition) is 0. The number of piperazine rings is 1. The van der Waals surface area contributed by atoms with Gasteiger partial charge in [-0.2, -0.15) is 14.6 Å². The molecular weight excluding hydrogens is 308 g/mol. The predicted octanol–water partition coefficient (Wildman–Crippen LogP) is 0.569. The van der Waals surface area contributed by atoms with Crippen LogP contribution in [0.1, 0.15) is 24.1 Å². The number of carbonyl (C=O) groups excluding carboxylic acids is 1. The summed E-state index contributed by atoms with van der Waals surface area (Å²) in [7, 11) is 0. The maximum atomic E-state index is 12.5. The second kappa shape index (κ2) is 6.01. The Morgan fingerprint density at radius 1 is 1.25 bits per heavy atom. The molecule has 1 amide bonds. The molecule has 2 fully saturated rings. The third-order valence-corrected chi connectivity index (χ3v) is 4.97. The van der Waals surface area contributed by atoms with E-state index in [1.807, 2.05) is 11.8 Å². The second-order valence-electron chi connectivity index (χ2n) is 6.43. The lowest BCUT2D eigenvalue weighted by molar-refractivity contribution is -0.141. The van der Waals surface area contributed by atoms with Crippen molar-refractivity contribution in [2.45, 2.75) is 32.8 Å². The molecule has 1 atom stereocenters. The van der Waals surface area contributed by atoms with E-state index in [2.05, 4.69) is 26.9 Å². The molecule has 0 aliphatic carbocycles. The summed E-state index contributed by atoms with van der Waals surface area (Å²) in [6.45, 7) is 7.71. The van der Waals surface area contributed by atoms with Crippen molar-refractivity contribution in [2.75, 3.05) is 37.7 Å². The molecule has 2 aliphatic rings. The number of carbonyl (C=O) groups is 1. The van der Waals surface area contributed by atoms with Crippen LogP contribution in [-0.2, 0) is 9.53 Å². The van der Waals surface area contributed by atoms with Gasteiger partial charge in [-0.1, -0.05) is 0 Å². The maximum Gasteiger partial charge on any atom is 0.254 e. The summed E-state index contributed by atoms with van der Waals surface area (Å²) >= 11 is 0. The van der Waals surface area contributed by atoms with Crippen LogP contribution in [0.25, 0.3) is 5.78 Å². The van der Waals surface area contributed by atoms with Gasteiger partial charge in [-0.3, -0.25) is 4.79 Å². The second-order valence-corrected chi connectivity index (χ2v) is 6.43. The highest BCUT2D eigenvalue weighted by Crippen LogP contribution is 2.24. The first-order valence-electron chi connectivity index (χ1n) is 8.47. The largest absolute Gasteiger partial charge is 0.368 e. The molecule has 24 heavy (non-hydrogen) atoms. The summed E-state index contributed by atoms with van der Waals surface area (Å²) in [6, 6.07) is 0. The number of fused-ring (bicyclic) bond motifs is 1. The molecule has 0 radical (unpaired) electrons. The molecule has 0 aromatic carbocycles. The van der Waals surface area contributed by atoms with Gasteiger partial charge in [0.2, 0.25) is 0 Å². The number of aryl methyl sites for hydroxylation is 1. The topological polar surface area (TPSA) is 75.9 Å². The molecule has 0 N–H and O–H groups in total. The van der Waals surface area contributed by atoms with Crippen LogP contribution in [0.5, 0.6) is 0 Å². The summed E-state index contributed by atoms with van der Waals surface area (Å²) in [6.07, 6.45) is 3.13. The van der Waals surface area contributed by atoms with Crippen molar-refractivity contribution in [1.29, 1.82) is 0 Å². The molecule has 0 saturated carbocycles. The van der Waals surface area contributed by atoms with Gasteiger partial charge in [0.1, 0.15) is 18.2 Å². The van der Waals surface area contributed by atoms with Crippen molar-refractivity contribution in [3.63, 3.8) is 0 Å². The Kier molecular flexibility index (Phi) is 3.84. The van der Waals surface area contributed by atoms with Gasteiger partial charge in [-0.15, -0.1) is 0 Å². The minimum Gasteiger partial charge on any atom is -0.368 e. The van der Waals surface area contributed by atoms with E-state index < -0.39 is 0 Å². The summed E-state index contributed by atoms with van der Waals surface area (Å²) in [5.74, 6) is 1.78. The van der Waals surface area contributed by atoms with Gasteiger partial charge in [0.15, 0.2) is 0 Å². The van der Waals surface area contributed by atoms with Gasteiger partial charge >= 0.3 is 0 Å². The quantitative estimate of drug-likeness (QED) is 0.801. The van der Waals surface area contributed by atoms with Crippen molar-refractivity contribution >= 4 is 17.5 Å². The van der Waals surface area contributed by atoms with Gasteiger partial charge in [-0.05, 0) is 26.7 Å². The Bertz CT molecular complexity index is 759. The normalized spacial score (nSPS) is 21.7. The van der Waals surface area contributed by atoms with Gasteiger partial charge in [-0.25, -0.2) is 4.98 Å². The standard InChI is InChI=1S/C16H22N6O2/c1-11-12(2)19-16-17-10-18-22(16)14(11)20-5-7-21(8-6-20)15(23)13-4-3-9-24-13/h10,13H,3-9H2,1-2H3. The van der Waals surface area contributed by atoms with Crippen LogP contribution < -0.4 is 4.90 Å². The number of aromatic nitrogens is 4. The summed E-state index contributed by atoms with van der Waals surface area (Å²) in [4.78, 5) is 25.3. The van der Waals surface area contributed by atoms with Gasteiger partial charge in [0.25, 0.3) is 11.7 Å². The van der Waals surface area contributed by atoms with Crippen LogP contribution in [0.2, 0.25) is 0 Å². The van der Waals surface area contributed by atoms with E-state index in [9.17, 15) is 4.79 Å². The number of anilines is 1. The van der Waals surface area contributed by atoms with E-state index in [4.69, 9.17) is 4.74 Å². The van der Waals surface area contributed by atoms with Crippen molar-refractivity contribution in [1.82, 2.24) is 24.5 Å². The average Bonchev–Trinajstić information content (AvgIpc) is 3.27. The fourth-order valence-corrected chi connectivity index (χ4v) is 3.50. The molecule has 8 heteroatoms. The molecule has 1 unspecified atom stereocenters. The highest BCUT2D eigenvalue weighted by Gasteiger charge is 2.31. The minimum atomic E-state index is -0.233. The zero-order valence-corrected chi connectivity index (χ0v) is 14.1. The zero-order valence-electron chi connectivity index (χ0n) is 14.1. The van der Waals surface area contributed by atoms with E-state index in [1.54, 1.807) is 4.52 Å². The lowest BCUT2D eigenvalue weighted by Gasteiger charge is -2.37. The lowest BCUT2D eigenvalue weighted by Crippen LogP contribution is -2.52. The third-order valence-electron chi connectivity index (χ3n) is 4.97. The molecule has 2 aromatic heterocycles. The molecule has 2 aliphatic heterocycles. The van der Waals surface area contributed by atoms with Crippen molar-refractivity contribution in [2.24, 2.45) is 0 Å². The molecule has 8 nitrogen and oxygen atoms in total. The Morgan fingerprint density at radius 2 is 2.04 bits per heavy atom. The minimum absolute atomic E-state index is 0.140. The molecule has 2 aromatic rings. The molecule has 2 saturated heterocycles. The van der Waals surface area contributed by atoms with Crippen LogP contribution in [0, 0.1) is 13.8 Å². The number of nitrogens with zero attached hydrogens (tertiary/aromatic N) is 6. The molecular formula is C16H22N6O2. The van der Waals surface area contributed by atoms with Crippen LogP contribution in [0.4, 0.5) is 5.82 Å². The van der Waals surface area contributed by atoms with Gasteiger partial charge < -0.3 is 14.5 Å². The fraction of sp³-hybridized carbons (Fsp3) is 0.625. The predicted molar refractivity (Wildman–Crippen MR) is 88.0 cm³/mol. The van der Waals surface area contributed by atoms with Gasteiger partial charge in [0, 0.05) is 44.0 Å². The van der Waals surface area contributed by atoms with E-state index in [0.29, 0.717) is 25.5 Å². The smallest absolute Gasteiger partial charge is 0.254 e. The molecule has 0 bridgehead atoms. The average molecular weight is 330 g/mol. The number of hydrogen-bond acceptors (Lipinski definition) is 6. The number of rotatable bonds is 2.